The van der Waals surface area contributed by atoms with E-state index in [1.54, 1.807) is 0 Å². The highest BCUT2D eigenvalue weighted by molar-refractivity contribution is 5.83. The summed E-state index contributed by atoms with van der Waals surface area (Å²) in [5.74, 6) is 0.979. The third kappa shape index (κ3) is 3.96. The van der Waals surface area contributed by atoms with Gasteiger partial charge in [0, 0.05) is 32.7 Å². The molecule has 0 bridgehead atoms. The van der Waals surface area contributed by atoms with Gasteiger partial charge in [-0.2, -0.15) is 0 Å². The van der Waals surface area contributed by atoms with Crippen LogP contribution in [0.3, 0.4) is 0 Å². The Morgan fingerprint density at radius 2 is 1.71 bits per heavy atom. The average molecular weight is 284 g/mol. The van der Waals surface area contributed by atoms with Crippen LogP contribution in [0.25, 0.3) is 10.8 Å². The smallest absolute Gasteiger partial charge is 0.119 e. The van der Waals surface area contributed by atoms with E-state index < -0.39 is 0 Å². The molecule has 1 saturated heterocycles. The minimum absolute atomic E-state index is 0.796. The van der Waals surface area contributed by atoms with E-state index in [1.807, 2.05) is 0 Å². The first-order valence-corrected chi connectivity index (χ1v) is 7.84. The number of rotatable bonds is 5. The Bertz CT molecular complexity index is 576. The normalized spacial score (nSPS) is 17.2. The van der Waals surface area contributed by atoms with Crippen LogP contribution in [0.15, 0.2) is 42.5 Å². The number of hydrogen-bond acceptors (Lipinski definition) is 3. The van der Waals surface area contributed by atoms with Crippen molar-refractivity contribution in [2.45, 2.75) is 6.42 Å². The van der Waals surface area contributed by atoms with E-state index in [4.69, 9.17) is 4.74 Å². The Morgan fingerprint density at radius 3 is 2.52 bits per heavy atom. The van der Waals surface area contributed by atoms with Gasteiger partial charge in [0.25, 0.3) is 0 Å². The summed E-state index contributed by atoms with van der Waals surface area (Å²) >= 11 is 0. The third-order valence-corrected chi connectivity index (χ3v) is 4.20. The Kier molecular flexibility index (Phi) is 4.73. The van der Waals surface area contributed by atoms with Crippen molar-refractivity contribution < 1.29 is 4.74 Å². The van der Waals surface area contributed by atoms with Crippen LogP contribution in [-0.4, -0.2) is 56.2 Å². The molecule has 0 amide bonds. The zero-order valence-electron chi connectivity index (χ0n) is 12.8. The predicted molar refractivity (Wildman–Crippen MR) is 88.0 cm³/mol. The van der Waals surface area contributed by atoms with Crippen LogP contribution in [0.2, 0.25) is 0 Å². The van der Waals surface area contributed by atoms with Gasteiger partial charge in [-0.1, -0.05) is 30.3 Å². The molecular formula is C18H24N2O. The van der Waals surface area contributed by atoms with Crippen molar-refractivity contribution in [2.75, 3.05) is 46.4 Å². The predicted octanol–water partition coefficient (Wildman–Crippen LogP) is 2.86. The van der Waals surface area contributed by atoms with E-state index >= 15 is 0 Å². The Morgan fingerprint density at radius 1 is 0.952 bits per heavy atom. The summed E-state index contributed by atoms with van der Waals surface area (Å²) in [5, 5.41) is 2.51. The fourth-order valence-electron chi connectivity index (χ4n) is 2.81. The van der Waals surface area contributed by atoms with E-state index in [0.717, 1.165) is 25.3 Å². The van der Waals surface area contributed by atoms with Crippen molar-refractivity contribution in [1.29, 1.82) is 0 Å². The summed E-state index contributed by atoms with van der Waals surface area (Å²) in [4.78, 5) is 4.92. The number of ether oxygens (including phenoxy) is 1. The lowest BCUT2D eigenvalue weighted by Crippen LogP contribution is -2.44. The van der Waals surface area contributed by atoms with Crippen molar-refractivity contribution in [3.8, 4) is 5.75 Å². The van der Waals surface area contributed by atoms with Crippen LogP contribution in [0, 0.1) is 0 Å². The van der Waals surface area contributed by atoms with Crippen molar-refractivity contribution >= 4 is 10.8 Å². The van der Waals surface area contributed by atoms with Crippen molar-refractivity contribution in [3.63, 3.8) is 0 Å². The maximum atomic E-state index is 5.89. The monoisotopic (exact) mass is 284 g/mol. The molecule has 0 atom stereocenters. The molecule has 3 rings (SSSR count). The van der Waals surface area contributed by atoms with Gasteiger partial charge in [-0.15, -0.1) is 0 Å². The highest BCUT2D eigenvalue weighted by atomic mass is 16.5. The van der Waals surface area contributed by atoms with Gasteiger partial charge < -0.3 is 14.5 Å². The van der Waals surface area contributed by atoms with Crippen molar-refractivity contribution in [3.05, 3.63) is 42.5 Å². The molecule has 3 heteroatoms. The molecule has 1 aliphatic rings. The molecule has 0 saturated carbocycles. The van der Waals surface area contributed by atoms with Gasteiger partial charge in [0.05, 0.1) is 6.61 Å². The lowest BCUT2D eigenvalue weighted by Gasteiger charge is -2.32. The molecule has 0 unspecified atom stereocenters. The quantitative estimate of drug-likeness (QED) is 0.785. The van der Waals surface area contributed by atoms with E-state index in [0.29, 0.717) is 0 Å². The molecule has 21 heavy (non-hydrogen) atoms. The molecule has 2 aromatic carbocycles. The Balaban J connectivity index is 1.44. The van der Waals surface area contributed by atoms with Gasteiger partial charge >= 0.3 is 0 Å². The first-order valence-electron chi connectivity index (χ1n) is 7.84. The van der Waals surface area contributed by atoms with Gasteiger partial charge in [-0.05, 0) is 36.4 Å². The first kappa shape index (κ1) is 14.4. The van der Waals surface area contributed by atoms with Crippen LogP contribution in [0.5, 0.6) is 5.75 Å². The number of nitrogens with zero attached hydrogens (tertiary/aromatic N) is 2. The second-order valence-electron chi connectivity index (χ2n) is 5.86. The second-order valence-corrected chi connectivity index (χ2v) is 5.86. The third-order valence-electron chi connectivity index (χ3n) is 4.20. The summed E-state index contributed by atoms with van der Waals surface area (Å²) in [7, 11) is 2.19. The molecule has 0 radical (unpaired) electrons. The van der Waals surface area contributed by atoms with Gasteiger partial charge in [-0.3, -0.25) is 0 Å². The highest BCUT2D eigenvalue weighted by Crippen LogP contribution is 2.20. The second kappa shape index (κ2) is 6.92. The molecule has 0 aromatic heterocycles. The summed E-state index contributed by atoms with van der Waals surface area (Å²) in [6.07, 6.45) is 1.09. The summed E-state index contributed by atoms with van der Waals surface area (Å²) < 4.78 is 5.89. The van der Waals surface area contributed by atoms with Gasteiger partial charge in [0.15, 0.2) is 0 Å². The lowest BCUT2D eigenvalue weighted by molar-refractivity contribution is 0.145. The van der Waals surface area contributed by atoms with Crippen LogP contribution in [-0.2, 0) is 0 Å². The van der Waals surface area contributed by atoms with Gasteiger partial charge in [-0.25, -0.2) is 0 Å². The molecule has 0 N–H and O–H groups in total. The largest absolute Gasteiger partial charge is 0.494 e. The van der Waals surface area contributed by atoms with Crippen molar-refractivity contribution in [1.82, 2.24) is 9.80 Å². The number of benzene rings is 2. The molecular weight excluding hydrogens is 260 g/mol. The fourth-order valence-corrected chi connectivity index (χ4v) is 2.81. The average Bonchev–Trinajstić information content (AvgIpc) is 2.53. The lowest BCUT2D eigenvalue weighted by atomic mass is 10.1. The Labute approximate surface area is 127 Å². The SMILES string of the molecule is CN1CCN(CCCOc2ccc3ccccc3c2)CC1. The maximum absolute atomic E-state index is 5.89. The van der Waals surface area contributed by atoms with Crippen LogP contribution >= 0.6 is 0 Å². The van der Waals surface area contributed by atoms with E-state index in [2.05, 4.69) is 59.3 Å². The molecule has 0 spiro atoms. The maximum Gasteiger partial charge on any atom is 0.119 e. The minimum atomic E-state index is 0.796. The van der Waals surface area contributed by atoms with Crippen LogP contribution in [0.4, 0.5) is 0 Å². The van der Waals surface area contributed by atoms with Crippen molar-refractivity contribution in [2.24, 2.45) is 0 Å². The number of hydrogen-bond donors (Lipinski definition) is 0. The van der Waals surface area contributed by atoms with Gasteiger partial charge in [0.2, 0.25) is 0 Å². The van der Waals surface area contributed by atoms with E-state index in [-0.39, 0.29) is 0 Å². The van der Waals surface area contributed by atoms with Gasteiger partial charge in [0.1, 0.15) is 5.75 Å². The number of piperazine rings is 1. The molecule has 3 nitrogen and oxygen atoms in total. The molecule has 0 aliphatic carbocycles. The van der Waals surface area contributed by atoms with Crippen LogP contribution < -0.4 is 4.74 Å². The molecule has 2 aromatic rings. The summed E-state index contributed by atoms with van der Waals surface area (Å²) in [6, 6.07) is 14.7. The molecule has 1 aliphatic heterocycles. The standard InChI is InChI=1S/C18H24N2O/c1-19-10-12-20(13-11-19)9-4-14-21-18-8-7-16-5-2-3-6-17(16)15-18/h2-3,5-8,15H,4,9-14H2,1H3. The molecule has 112 valence electrons. The zero-order valence-corrected chi connectivity index (χ0v) is 12.8. The summed E-state index contributed by atoms with van der Waals surface area (Å²) in [6.45, 7) is 6.68. The topological polar surface area (TPSA) is 15.7 Å². The summed E-state index contributed by atoms with van der Waals surface area (Å²) in [5.41, 5.74) is 0. The number of fused-ring (bicyclic) bond motifs is 1. The first-order chi connectivity index (χ1) is 10.3. The molecule has 1 fully saturated rings. The van der Waals surface area contributed by atoms with E-state index in [1.165, 1.54) is 37.0 Å². The van der Waals surface area contributed by atoms with Crippen LogP contribution in [0.1, 0.15) is 6.42 Å². The van der Waals surface area contributed by atoms with E-state index in [9.17, 15) is 0 Å². The Hall–Kier alpha value is -1.58. The zero-order chi connectivity index (χ0) is 14.5. The minimum Gasteiger partial charge on any atom is -0.494 e. The fraction of sp³-hybridized carbons (Fsp3) is 0.444. The number of likely N-dealkylation sites (N-methyl/N-ethyl adjacent to an activating group) is 1. The highest BCUT2D eigenvalue weighted by Gasteiger charge is 2.12. The molecule has 1 heterocycles.